The predicted molar refractivity (Wildman–Crippen MR) is 111 cm³/mol. The standard InChI is InChI=1S/C22H18N4O2/c1-15-12-18(14-24-21-10-3-6-17-7-5-11-23-22(17)21)16(2)25(15)19-8-4-9-20(13-19)26(27)28/h3-14H,1-2H3. The third-order valence-electron chi connectivity index (χ3n) is 4.72. The average Bonchev–Trinajstić information content (AvgIpc) is 2.99. The molecule has 0 atom stereocenters. The number of hydrogen-bond acceptors (Lipinski definition) is 4. The summed E-state index contributed by atoms with van der Waals surface area (Å²) in [5.74, 6) is 0. The average molecular weight is 370 g/mol. The first-order valence-corrected chi connectivity index (χ1v) is 8.86. The summed E-state index contributed by atoms with van der Waals surface area (Å²) in [6, 6.07) is 18.5. The summed E-state index contributed by atoms with van der Waals surface area (Å²) in [5.41, 5.74) is 5.40. The lowest BCUT2D eigenvalue weighted by molar-refractivity contribution is -0.384. The minimum Gasteiger partial charge on any atom is -0.318 e. The van der Waals surface area contributed by atoms with Crippen LogP contribution in [0.4, 0.5) is 11.4 Å². The molecule has 6 nitrogen and oxygen atoms in total. The van der Waals surface area contributed by atoms with E-state index in [4.69, 9.17) is 0 Å². The Kier molecular flexibility index (Phi) is 4.45. The molecule has 0 aliphatic carbocycles. The van der Waals surface area contributed by atoms with Crippen LogP contribution in [0.5, 0.6) is 0 Å². The first-order chi connectivity index (χ1) is 13.5. The van der Waals surface area contributed by atoms with Crippen molar-refractivity contribution in [3.63, 3.8) is 0 Å². The van der Waals surface area contributed by atoms with Crippen LogP contribution in [0.25, 0.3) is 16.6 Å². The number of nitrogens with zero attached hydrogens (tertiary/aromatic N) is 4. The van der Waals surface area contributed by atoms with Gasteiger partial charge in [0.15, 0.2) is 0 Å². The zero-order valence-electron chi connectivity index (χ0n) is 15.5. The lowest BCUT2D eigenvalue weighted by Crippen LogP contribution is -2.00. The topological polar surface area (TPSA) is 73.3 Å². The molecule has 0 N–H and O–H groups in total. The summed E-state index contributed by atoms with van der Waals surface area (Å²) in [6.07, 6.45) is 3.58. The van der Waals surface area contributed by atoms with E-state index in [1.165, 1.54) is 6.07 Å². The summed E-state index contributed by atoms with van der Waals surface area (Å²) in [7, 11) is 0. The number of pyridine rings is 1. The summed E-state index contributed by atoms with van der Waals surface area (Å²) in [6.45, 7) is 3.96. The molecule has 2 heterocycles. The van der Waals surface area contributed by atoms with Crippen LogP contribution >= 0.6 is 0 Å². The van der Waals surface area contributed by atoms with Gasteiger partial charge in [0.25, 0.3) is 5.69 Å². The Bertz CT molecular complexity index is 1220. The number of aliphatic imine (C=N–C) groups is 1. The Morgan fingerprint density at radius 1 is 1.07 bits per heavy atom. The maximum atomic E-state index is 11.1. The molecule has 0 bridgehead atoms. The number of nitro benzene ring substituents is 1. The Labute approximate surface area is 162 Å². The lowest BCUT2D eigenvalue weighted by Gasteiger charge is -2.09. The van der Waals surface area contributed by atoms with Crippen molar-refractivity contribution in [2.24, 2.45) is 4.99 Å². The number of fused-ring (bicyclic) bond motifs is 1. The van der Waals surface area contributed by atoms with Crippen molar-refractivity contribution in [1.29, 1.82) is 0 Å². The number of aromatic nitrogens is 2. The third-order valence-corrected chi connectivity index (χ3v) is 4.72. The number of hydrogen-bond donors (Lipinski definition) is 0. The molecule has 4 aromatic rings. The van der Waals surface area contributed by atoms with Crippen molar-refractivity contribution >= 4 is 28.5 Å². The van der Waals surface area contributed by atoms with E-state index >= 15 is 0 Å². The molecular formula is C22H18N4O2. The fourth-order valence-electron chi connectivity index (χ4n) is 3.39. The van der Waals surface area contributed by atoms with Crippen LogP contribution in [-0.4, -0.2) is 20.7 Å². The highest BCUT2D eigenvalue weighted by Gasteiger charge is 2.13. The number of benzene rings is 2. The molecule has 28 heavy (non-hydrogen) atoms. The van der Waals surface area contributed by atoms with Gasteiger partial charge in [0, 0.05) is 46.9 Å². The van der Waals surface area contributed by atoms with Gasteiger partial charge in [0.2, 0.25) is 0 Å². The summed E-state index contributed by atoms with van der Waals surface area (Å²) in [5, 5.41) is 12.1. The molecule has 0 unspecified atom stereocenters. The predicted octanol–water partition coefficient (Wildman–Crippen LogP) is 5.30. The van der Waals surface area contributed by atoms with Gasteiger partial charge in [-0.15, -0.1) is 0 Å². The van der Waals surface area contributed by atoms with Crippen LogP contribution in [0.1, 0.15) is 17.0 Å². The molecule has 0 radical (unpaired) electrons. The number of non-ortho nitro benzene ring substituents is 1. The van der Waals surface area contributed by atoms with E-state index < -0.39 is 0 Å². The summed E-state index contributed by atoms with van der Waals surface area (Å²) in [4.78, 5) is 19.8. The second-order valence-corrected chi connectivity index (χ2v) is 6.55. The third kappa shape index (κ3) is 3.16. The van der Waals surface area contributed by atoms with E-state index in [0.717, 1.165) is 39.2 Å². The van der Waals surface area contributed by atoms with Gasteiger partial charge < -0.3 is 4.57 Å². The highest BCUT2D eigenvalue weighted by Crippen LogP contribution is 2.26. The number of para-hydroxylation sites is 1. The summed E-state index contributed by atoms with van der Waals surface area (Å²) >= 11 is 0. The van der Waals surface area contributed by atoms with E-state index in [2.05, 4.69) is 9.98 Å². The van der Waals surface area contributed by atoms with Crippen molar-refractivity contribution < 1.29 is 4.92 Å². The Balaban J connectivity index is 1.74. The first-order valence-electron chi connectivity index (χ1n) is 8.86. The van der Waals surface area contributed by atoms with Gasteiger partial charge >= 0.3 is 0 Å². The highest BCUT2D eigenvalue weighted by atomic mass is 16.6. The SMILES string of the molecule is Cc1cc(C=Nc2cccc3cccnc23)c(C)n1-c1cccc([N+](=O)[O-])c1. The van der Waals surface area contributed by atoms with E-state index in [1.54, 1.807) is 18.3 Å². The van der Waals surface area contributed by atoms with Gasteiger partial charge in [0.1, 0.15) is 0 Å². The number of rotatable bonds is 4. The van der Waals surface area contributed by atoms with Crippen molar-refractivity contribution in [2.45, 2.75) is 13.8 Å². The monoisotopic (exact) mass is 370 g/mol. The zero-order valence-corrected chi connectivity index (χ0v) is 15.5. The van der Waals surface area contributed by atoms with Gasteiger partial charge in [0.05, 0.1) is 21.8 Å². The molecular weight excluding hydrogens is 352 g/mol. The molecule has 0 spiro atoms. The molecule has 0 saturated carbocycles. The van der Waals surface area contributed by atoms with Crippen LogP contribution in [0.15, 0.2) is 71.9 Å². The minimum atomic E-state index is -0.381. The molecule has 138 valence electrons. The van der Waals surface area contributed by atoms with Gasteiger partial charge in [-0.05, 0) is 38.1 Å². The first kappa shape index (κ1) is 17.6. The fraction of sp³-hybridized carbons (Fsp3) is 0.0909. The Morgan fingerprint density at radius 3 is 2.68 bits per heavy atom. The largest absolute Gasteiger partial charge is 0.318 e. The van der Waals surface area contributed by atoms with Gasteiger partial charge in [-0.3, -0.25) is 20.1 Å². The molecule has 4 rings (SSSR count). The number of nitro groups is 1. The van der Waals surface area contributed by atoms with E-state index in [-0.39, 0.29) is 10.6 Å². The van der Waals surface area contributed by atoms with Crippen molar-refractivity contribution in [1.82, 2.24) is 9.55 Å². The Morgan fingerprint density at radius 2 is 1.86 bits per heavy atom. The van der Waals surface area contributed by atoms with Crippen LogP contribution < -0.4 is 0 Å². The molecule has 0 aliphatic rings. The fourth-order valence-corrected chi connectivity index (χ4v) is 3.39. The molecule has 0 saturated heterocycles. The van der Waals surface area contributed by atoms with Crippen molar-refractivity contribution in [2.75, 3.05) is 0 Å². The second-order valence-electron chi connectivity index (χ2n) is 6.55. The van der Waals surface area contributed by atoms with E-state index in [9.17, 15) is 10.1 Å². The van der Waals surface area contributed by atoms with Gasteiger partial charge in [-0.2, -0.15) is 0 Å². The molecule has 0 fully saturated rings. The molecule has 6 heteroatoms. The van der Waals surface area contributed by atoms with Gasteiger partial charge in [-0.25, -0.2) is 0 Å². The molecule has 0 amide bonds. The van der Waals surface area contributed by atoms with E-state index in [0.29, 0.717) is 0 Å². The highest BCUT2D eigenvalue weighted by molar-refractivity contribution is 5.92. The zero-order chi connectivity index (χ0) is 19.7. The minimum absolute atomic E-state index is 0.0713. The molecule has 2 aromatic heterocycles. The lowest BCUT2D eigenvalue weighted by atomic mass is 10.2. The Hall–Kier alpha value is -3.80. The van der Waals surface area contributed by atoms with Crippen LogP contribution in [0, 0.1) is 24.0 Å². The van der Waals surface area contributed by atoms with Crippen LogP contribution in [0.3, 0.4) is 0 Å². The maximum Gasteiger partial charge on any atom is 0.271 e. The smallest absolute Gasteiger partial charge is 0.271 e. The quantitative estimate of drug-likeness (QED) is 0.278. The molecule has 0 aliphatic heterocycles. The van der Waals surface area contributed by atoms with Crippen LogP contribution in [0.2, 0.25) is 0 Å². The van der Waals surface area contributed by atoms with Crippen molar-refractivity contribution in [3.05, 3.63) is 93.9 Å². The second kappa shape index (κ2) is 7.08. The van der Waals surface area contributed by atoms with E-state index in [1.807, 2.05) is 67.1 Å². The summed E-state index contributed by atoms with van der Waals surface area (Å²) < 4.78 is 2.00. The maximum absolute atomic E-state index is 11.1. The normalized spacial score (nSPS) is 11.4. The number of aryl methyl sites for hydroxylation is 1. The van der Waals surface area contributed by atoms with Gasteiger partial charge in [-0.1, -0.05) is 24.3 Å². The molecule has 2 aromatic carbocycles. The van der Waals surface area contributed by atoms with Crippen LogP contribution in [-0.2, 0) is 0 Å². The van der Waals surface area contributed by atoms with Crippen molar-refractivity contribution in [3.8, 4) is 5.69 Å².